The van der Waals surface area contributed by atoms with E-state index >= 15 is 0 Å². The molecule has 6 heteroatoms. The number of carbonyl (C=O) groups excluding carboxylic acids is 1. The molecule has 3 rings (SSSR count). The number of amides is 1. The molecule has 21 heavy (non-hydrogen) atoms. The highest BCUT2D eigenvalue weighted by atomic mass is 79.9. The molecule has 0 bridgehead atoms. The maximum Gasteiger partial charge on any atom is 0.230 e. The number of nitrogens with one attached hydrogen (secondary N) is 2. The standard InChI is InChI=1S/C15H11BrClN3O/c16-10-3-6-12-13(8-10)19-20-15(12)18-14(21)7-9-1-4-11(17)5-2-9/h1-6,8H,7H2,(H2,18,19,20,21). The molecular weight excluding hydrogens is 354 g/mol. The number of rotatable bonds is 3. The van der Waals surface area contributed by atoms with E-state index in [1.54, 1.807) is 12.1 Å². The third-order valence-corrected chi connectivity index (χ3v) is 3.81. The molecule has 0 radical (unpaired) electrons. The maximum atomic E-state index is 12.1. The molecule has 3 aromatic rings. The van der Waals surface area contributed by atoms with Gasteiger partial charge in [0.1, 0.15) is 0 Å². The van der Waals surface area contributed by atoms with Crippen LogP contribution in [0.3, 0.4) is 0 Å². The lowest BCUT2D eigenvalue weighted by molar-refractivity contribution is -0.115. The molecule has 2 N–H and O–H groups in total. The average Bonchev–Trinajstić information content (AvgIpc) is 2.83. The second-order valence-corrected chi connectivity index (χ2v) is 5.97. The minimum Gasteiger partial charge on any atom is -0.308 e. The van der Waals surface area contributed by atoms with E-state index in [0.29, 0.717) is 10.8 Å². The van der Waals surface area contributed by atoms with Gasteiger partial charge in [0.05, 0.1) is 11.9 Å². The molecule has 0 unspecified atom stereocenters. The molecule has 0 spiro atoms. The molecule has 106 valence electrons. The molecule has 1 aromatic heterocycles. The zero-order chi connectivity index (χ0) is 14.8. The second kappa shape index (κ2) is 5.87. The lowest BCUT2D eigenvalue weighted by Crippen LogP contribution is -2.14. The topological polar surface area (TPSA) is 57.8 Å². The number of hydrogen-bond donors (Lipinski definition) is 2. The van der Waals surface area contributed by atoms with E-state index in [1.807, 2.05) is 30.3 Å². The van der Waals surface area contributed by atoms with E-state index in [1.165, 1.54) is 0 Å². The van der Waals surface area contributed by atoms with Crippen LogP contribution in [0, 0.1) is 0 Å². The lowest BCUT2D eigenvalue weighted by Gasteiger charge is -2.03. The van der Waals surface area contributed by atoms with Gasteiger partial charge >= 0.3 is 0 Å². The van der Waals surface area contributed by atoms with Crippen LogP contribution in [0.2, 0.25) is 5.02 Å². The molecule has 1 heterocycles. The number of H-pyrrole nitrogens is 1. The molecule has 4 nitrogen and oxygen atoms in total. The number of carbonyl (C=O) groups is 1. The van der Waals surface area contributed by atoms with Gasteiger partial charge in [0.15, 0.2) is 5.82 Å². The number of aromatic nitrogens is 2. The largest absolute Gasteiger partial charge is 0.308 e. The fourth-order valence-corrected chi connectivity index (χ4v) is 2.54. The first kappa shape index (κ1) is 14.1. The molecule has 0 aliphatic rings. The molecule has 0 saturated carbocycles. The summed E-state index contributed by atoms with van der Waals surface area (Å²) >= 11 is 9.22. The van der Waals surface area contributed by atoms with Gasteiger partial charge in [-0.15, -0.1) is 0 Å². The summed E-state index contributed by atoms with van der Waals surface area (Å²) in [7, 11) is 0. The molecule has 2 aromatic carbocycles. The van der Waals surface area contributed by atoms with Crippen LogP contribution in [0.15, 0.2) is 46.9 Å². The summed E-state index contributed by atoms with van der Waals surface area (Å²) in [5.74, 6) is 0.421. The summed E-state index contributed by atoms with van der Waals surface area (Å²) < 4.78 is 0.956. The van der Waals surface area contributed by atoms with Crippen molar-refractivity contribution in [3.8, 4) is 0 Å². The predicted octanol–water partition coefficient (Wildman–Crippen LogP) is 4.16. The smallest absolute Gasteiger partial charge is 0.230 e. The van der Waals surface area contributed by atoms with Gasteiger partial charge in [-0.05, 0) is 35.9 Å². The maximum absolute atomic E-state index is 12.1. The Balaban J connectivity index is 1.75. The quantitative estimate of drug-likeness (QED) is 0.733. The summed E-state index contributed by atoms with van der Waals surface area (Å²) in [5, 5.41) is 11.4. The summed E-state index contributed by atoms with van der Waals surface area (Å²) in [5.41, 5.74) is 1.77. The Kier molecular flexibility index (Phi) is 3.94. The Morgan fingerprint density at radius 1 is 1.24 bits per heavy atom. The Labute approximate surface area is 134 Å². The summed E-state index contributed by atoms with van der Waals surface area (Å²) in [6.07, 6.45) is 0.280. The third kappa shape index (κ3) is 3.25. The fraction of sp³-hybridized carbons (Fsp3) is 0.0667. The van der Waals surface area contributed by atoms with Crippen molar-refractivity contribution in [1.29, 1.82) is 0 Å². The van der Waals surface area contributed by atoms with Gasteiger partial charge in [0.25, 0.3) is 0 Å². The highest BCUT2D eigenvalue weighted by Crippen LogP contribution is 2.23. The zero-order valence-electron chi connectivity index (χ0n) is 10.9. The SMILES string of the molecule is O=C(Cc1ccc(Cl)cc1)Nc1n[nH]c2cc(Br)ccc12. The van der Waals surface area contributed by atoms with Crippen molar-refractivity contribution in [2.24, 2.45) is 0 Å². The van der Waals surface area contributed by atoms with E-state index < -0.39 is 0 Å². The van der Waals surface area contributed by atoms with E-state index in [-0.39, 0.29) is 12.3 Å². The zero-order valence-corrected chi connectivity index (χ0v) is 13.2. The van der Waals surface area contributed by atoms with Crippen molar-refractivity contribution >= 4 is 50.2 Å². The van der Waals surface area contributed by atoms with Crippen molar-refractivity contribution in [2.75, 3.05) is 5.32 Å². The number of hydrogen-bond acceptors (Lipinski definition) is 2. The van der Waals surface area contributed by atoms with Crippen LogP contribution in [-0.4, -0.2) is 16.1 Å². The van der Waals surface area contributed by atoms with Gasteiger partial charge < -0.3 is 5.32 Å². The predicted molar refractivity (Wildman–Crippen MR) is 87.6 cm³/mol. The number of nitrogens with zero attached hydrogens (tertiary/aromatic N) is 1. The van der Waals surface area contributed by atoms with Crippen LogP contribution in [0.25, 0.3) is 10.9 Å². The highest BCUT2D eigenvalue weighted by molar-refractivity contribution is 9.10. The van der Waals surface area contributed by atoms with Crippen LogP contribution < -0.4 is 5.32 Å². The van der Waals surface area contributed by atoms with E-state index in [2.05, 4.69) is 31.4 Å². The number of halogens is 2. The van der Waals surface area contributed by atoms with Gasteiger partial charge in [0, 0.05) is 14.9 Å². The van der Waals surface area contributed by atoms with Gasteiger partial charge in [-0.1, -0.05) is 39.7 Å². The van der Waals surface area contributed by atoms with E-state index in [0.717, 1.165) is 20.9 Å². The molecule has 0 atom stereocenters. The first-order chi connectivity index (χ1) is 10.1. The molecule has 0 aliphatic carbocycles. The van der Waals surface area contributed by atoms with Crippen molar-refractivity contribution in [3.63, 3.8) is 0 Å². The molecule has 0 saturated heterocycles. The normalized spacial score (nSPS) is 10.8. The molecule has 0 fully saturated rings. The first-order valence-electron chi connectivity index (χ1n) is 6.30. The fourth-order valence-electron chi connectivity index (χ4n) is 2.05. The van der Waals surface area contributed by atoms with Crippen molar-refractivity contribution < 1.29 is 4.79 Å². The Bertz CT molecular complexity index is 798. The van der Waals surface area contributed by atoms with Gasteiger partial charge in [0.2, 0.25) is 5.91 Å². The lowest BCUT2D eigenvalue weighted by atomic mass is 10.1. The van der Waals surface area contributed by atoms with Gasteiger partial charge in [-0.25, -0.2) is 0 Å². The summed E-state index contributed by atoms with van der Waals surface area (Å²) in [6.45, 7) is 0. The van der Waals surface area contributed by atoms with E-state index in [4.69, 9.17) is 11.6 Å². The van der Waals surface area contributed by atoms with Crippen molar-refractivity contribution in [1.82, 2.24) is 10.2 Å². The molecular formula is C15H11BrClN3O. The molecule has 0 aliphatic heterocycles. The Morgan fingerprint density at radius 3 is 2.76 bits per heavy atom. The van der Waals surface area contributed by atoms with Gasteiger partial charge in [-0.2, -0.15) is 5.10 Å². The summed E-state index contributed by atoms with van der Waals surface area (Å²) in [4.78, 5) is 12.1. The minimum atomic E-state index is -0.117. The Hall–Kier alpha value is -1.85. The minimum absolute atomic E-state index is 0.117. The Morgan fingerprint density at radius 2 is 2.00 bits per heavy atom. The van der Waals surface area contributed by atoms with Crippen LogP contribution in [-0.2, 0) is 11.2 Å². The van der Waals surface area contributed by atoms with Crippen molar-refractivity contribution in [3.05, 3.63) is 57.5 Å². The van der Waals surface area contributed by atoms with Crippen LogP contribution in [0.4, 0.5) is 5.82 Å². The highest BCUT2D eigenvalue weighted by Gasteiger charge is 2.10. The average molecular weight is 365 g/mol. The number of anilines is 1. The van der Waals surface area contributed by atoms with Gasteiger partial charge in [-0.3, -0.25) is 9.89 Å². The van der Waals surface area contributed by atoms with Crippen LogP contribution in [0.1, 0.15) is 5.56 Å². The summed E-state index contributed by atoms with van der Waals surface area (Å²) in [6, 6.07) is 12.9. The number of fused-ring (bicyclic) bond motifs is 1. The van der Waals surface area contributed by atoms with E-state index in [9.17, 15) is 4.79 Å². The first-order valence-corrected chi connectivity index (χ1v) is 7.47. The van der Waals surface area contributed by atoms with Crippen molar-refractivity contribution in [2.45, 2.75) is 6.42 Å². The van der Waals surface area contributed by atoms with Crippen LogP contribution >= 0.6 is 27.5 Å². The molecule has 1 amide bonds. The monoisotopic (exact) mass is 363 g/mol. The van der Waals surface area contributed by atoms with Crippen LogP contribution in [0.5, 0.6) is 0 Å². The number of aromatic amines is 1. The number of benzene rings is 2. The second-order valence-electron chi connectivity index (χ2n) is 4.61. The third-order valence-electron chi connectivity index (χ3n) is 3.06.